The standard InChI is InChI=1S/C13H22N2O3/c1-2-14-9-10(8-12(14)17)13(18)15(6-7-16)11-4-3-5-11/h10-11,16H,2-9H2,1H3. The molecule has 18 heavy (non-hydrogen) atoms. The molecule has 1 N–H and O–H groups in total. The van der Waals surface area contributed by atoms with E-state index in [4.69, 9.17) is 5.11 Å². The SMILES string of the molecule is CCN1CC(C(=O)N(CCO)C2CCC2)CC1=O. The summed E-state index contributed by atoms with van der Waals surface area (Å²) >= 11 is 0. The fourth-order valence-electron chi connectivity index (χ4n) is 2.76. The van der Waals surface area contributed by atoms with Gasteiger partial charge in [-0.25, -0.2) is 0 Å². The first-order chi connectivity index (χ1) is 8.67. The fourth-order valence-corrected chi connectivity index (χ4v) is 2.76. The molecule has 5 heteroatoms. The third kappa shape index (κ3) is 2.51. The molecule has 0 aromatic carbocycles. The Bertz CT molecular complexity index is 328. The van der Waals surface area contributed by atoms with E-state index in [0.717, 1.165) is 19.3 Å². The normalized spacial score (nSPS) is 24.2. The molecular weight excluding hydrogens is 232 g/mol. The molecule has 2 amide bonds. The summed E-state index contributed by atoms with van der Waals surface area (Å²) in [4.78, 5) is 27.6. The van der Waals surface area contributed by atoms with Crippen molar-refractivity contribution < 1.29 is 14.7 Å². The zero-order chi connectivity index (χ0) is 13.1. The van der Waals surface area contributed by atoms with Crippen LogP contribution in [0.1, 0.15) is 32.6 Å². The molecule has 1 aliphatic heterocycles. The lowest BCUT2D eigenvalue weighted by atomic mass is 9.90. The molecular formula is C13H22N2O3. The van der Waals surface area contributed by atoms with Gasteiger partial charge in [-0.3, -0.25) is 9.59 Å². The van der Waals surface area contributed by atoms with Crippen LogP contribution < -0.4 is 0 Å². The summed E-state index contributed by atoms with van der Waals surface area (Å²) in [5.74, 6) is -0.0731. The lowest BCUT2D eigenvalue weighted by Crippen LogP contribution is -2.48. The van der Waals surface area contributed by atoms with Crippen LogP contribution in [0.15, 0.2) is 0 Å². The maximum absolute atomic E-state index is 12.4. The molecule has 0 aromatic heterocycles. The van der Waals surface area contributed by atoms with Crippen molar-refractivity contribution >= 4 is 11.8 Å². The number of hydrogen-bond acceptors (Lipinski definition) is 3. The van der Waals surface area contributed by atoms with Crippen molar-refractivity contribution in [3.05, 3.63) is 0 Å². The molecule has 1 atom stereocenters. The number of nitrogens with zero attached hydrogens (tertiary/aromatic N) is 2. The third-order valence-corrected chi connectivity index (χ3v) is 4.08. The predicted molar refractivity (Wildman–Crippen MR) is 66.8 cm³/mol. The van der Waals surface area contributed by atoms with Gasteiger partial charge in [0.15, 0.2) is 0 Å². The molecule has 0 spiro atoms. The maximum atomic E-state index is 12.4. The molecule has 2 aliphatic rings. The van der Waals surface area contributed by atoms with Crippen LogP contribution in [-0.4, -0.2) is 59.0 Å². The van der Waals surface area contributed by atoms with E-state index < -0.39 is 0 Å². The summed E-state index contributed by atoms with van der Waals surface area (Å²) in [6.45, 7) is 3.55. The van der Waals surface area contributed by atoms with Gasteiger partial charge in [0.2, 0.25) is 11.8 Å². The summed E-state index contributed by atoms with van der Waals surface area (Å²) in [5, 5.41) is 9.08. The van der Waals surface area contributed by atoms with Crippen LogP contribution in [0.2, 0.25) is 0 Å². The number of amides is 2. The lowest BCUT2D eigenvalue weighted by Gasteiger charge is -2.38. The molecule has 1 saturated heterocycles. The number of aliphatic hydroxyl groups is 1. The Morgan fingerprint density at radius 2 is 2.22 bits per heavy atom. The molecule has 102 valence electrons. The van der Waals surface area contributed by atoms with Crippen molar-refractivity contribution in [1.82, 2.24) is 9.80 Å². The van der Waals surface area contributed by atoms with E-state index in [2.05, 4.69) is 0 Å². The van der Waals surface area contributed by atoms with E-state index in [9.17, 15) is 9.59 Å². The molecule has 1 saturated carbocycles. The van der Waals surface area contributed by atoms with Gasteiger partial charge < -0.3 is 14.9 Å². The minimum atomic E-state index is -0.204. The largest absolute Gasteiger partial charge is 0.395 e. The molecule has 1 heterocycles. The highest BCUT2D eigenvalue weighted by atomic mass is 16.3. The average molecular weight is 254 g/mol. The van der Waals surface area contributed by atoms with E-state index in [1.54, 1.807) is 9.80 Å². The summed E-state index contributed by atoms with van der Waals surface area (Å²) in [7, 11) is 0. The van der Waals surface area contributed by atoms with Crippen LogP contribution in [0, 0.1) is 5.92 Å². The first kappa shape index (κ1) is 13.3. The van der Waals surface area contributed by atoms with Crippen molar-refractivity contribution in [3.63, 3.8) is 0 Å². The van der Waals surface area contributed by atoms with Gasteiger partial charge in [-0.1, -0.05) is 0 Å². The first-order valence-electron chi connectivity index (χ1n) is 6.86. The smallest absolute Gasteiger partial charge is 0.228 e. The molecule has 5 nitrogen and oxygen atoms in total. The minimum Gasteiger partial charge on any atom is -0.395 e. The van der Waals surface area contributed by atoms with Gasteiger partial charge >= 0.3 is 0 Å². The number of carbonyl (C=O) groups is 2. The van der Waals surface area contributed by atoms with E-state index >= 15 is 0 Å². The third-order valence-electron chi connectivity index (χ3n) is 4.08. The van der Waals surface area contributed by atoms with E-state index in [-0.39, 0.29) is 30.4 Å². The van der Waals surface area contributed by atoms with Gasteiger partial charge in [-0.2, -0.15) is 0 Å². The van der Waals surface area contributed by atoms with Gasteiger partial charge in [0.25, 0.3) is 0 Å². The molecule has 0 bridgehead atoms. The summed E-state index contributed by atoms with van der Waals surface area (Å²) in [6.07, 6.45) is 3.56. The van der Waals surface area contributed by atoms with E-state index in [1.807, 2.05) is 6.92 Å². The topological polar surface area (TPSA) is 60.9 Å². The molecule has 2 fully saturated rings. The van der Waals surface area contributed by atoms with Gasteiger partial charge in [0.05, 0.1) is 12.5 Å². The quantitative estimate of drug-likeness (QED) is 0.764. The number of carbonyl (C=O) groups excluding carboxylic acids is 2. The van der Waals surface area contributed by atoms with Crippen molar-refractivity contribution in [2.75, 3.05) is 26.2 Å². The lowest BCUT2D eigenvalue weighted by molar-refractivity contribution is -0.140. The Kier molecular flexibility index (Phi) is 4.22. The Morgan fingerprint density at radius 1 is 1.50 bits per heavy atom. The van der Waals surface area contributed by atoms with Crippen LogP contribution in [0.3, 0.4) is 0 Å². The summed E-state index contributed by atoms with van der Waals surface area (Å²) < 4.78 is 0. The Balaban J connectivity index is 1.98. The molecule has 0 aromatic rings. The van der Waals surface area contributed by atoms with E-state index in [1.165, 1.54) is 0 Å². The number of aliphatic hydroxyl groups excluding tert-OH is 1. The summed E-state index contributed by atoms with van der Waals surface area (Å²) in [6, 6.07) is 0.287. The van der Waals surface area contributed by atoms with Crippen LogP contribution in [0.5, 0.6) is 0 Å². The fraction of sp³-hybridized carbons (Fsp3) is 0.846. The van der Waals surface area contributed by atoms with Gasteiger partial charge in [-0.15, -0.1) is 0 Å². The second-order valence-electron chi connectivity index (χ2n) is 5.17. The maximum Gasteiger partial charge on any atom is 0.228 e. The molecule has 1 aliphatic carbocycles. The number of rotatable bonds is 5. The zero-order valence-electron chi connectivity index (χ0n) is 11.0. The highest BCUT2D eigenvalue weighted by Gasteiger charge is 2.38. The van der Waals surface area contributed by atoms with Crippen molar-refractivity contribution in [2.45, 2.75) is 38.6 Å². The van der Waals surface area contributed by atoms with Crippen molar-refractivity contribution in [3.8, 4) is 0 Å². The van der Waals surface area contributed by atoms with Gasteiger partial charge in [0, 0.05) is 32.1 Å². The highest BCUT2D eigenvalue weighted by Crippen LogP contribution is 2.28. The van der Waals surface area contributed by atoms with Crippen molar-refractivity contribution in [1.29, 1.82) is 0 Å². The molecule has 1 unspecified atom stereocenters. The predicted octanol–water partition coefficient (Wildman–Crippen LogP) is 0.228. The molecule has 2 rings (SSSR count). The second kappa shape index (κ2) is 5.69. The van der Waals surface area contributed by atoms with Gasteiger partial charge in [0.1, 0.15) is 0 Å². The zero-order valence-corrected chi connectivity index (χ0v) is 11.0. The van der Waals surface area contributed by atoms with E-state index in [0.29, 0.717) is 26.1 Å². The Labute approximate surface area is 108 Å². The highest BCUT2D eigenvalue weighted by molar-refractivity contribution is 5.89. The van der Waals surface area contributed by atoms with Crippen molar-refractivity contribution in [2.24, 2.45) is 5.92 Å². The summed E-state index contributed by atoms with van der Waals surface area (Å²) in [5.41, 5.74) is 0. The minimum absolute atomic E-state index is 0.000395. The number of likely N-dealkylation sites (tertiary alicyclic amines) is 1. The second-order valence-corrected chi connectivity index (χ2v) is 5.17. The number of hydrogen-bond donors (Lipinski definition) is 1. The Hall–Kier alpha value is -1.10. The average Bonchev–Trinajstić information content (AvgIpc) is 2.66. The Morgan fingerprint density at radius 3 is 2.67 bits per heavy atom. The molecule has 0 radical (unpaired) electrons. The first-order valence-corrected chi connectivity index (χ1v) is 6.86. The van der Waals surface area contributed by atoms with Crippen LogP contribution in [0.25, 0.3) is 0 Å². The van der Waals surface area contributed by atoms with Crippen LogP contribution in [0.4, 0.5) is 0 Å². The van der Waals surface area contributed by atoms with Crippen LogP contribution >= 0.6 is 0 Å². The monoisotopic (exact) mass is 254 g/mol. The van der Waals surface area contributed by atoms with Gasteiger partial charge in [-0.05, 0) is 26.2 Å². The van der Waals surface area contributed by atoms with Crippen LogP contribution in [-0.2, 0) is 9.59 Å².